The van der Waals surface area contributed by atoms with E-state index in [0.29, 0.717) is 38.0 Å². The van der Waals surface area contributed by atoms with Crippen molar-refractivity contribution in [2.45, 2.75) is 32.4 Å². The first kappa shape index (κ1) is 25.8. The number of likely N-dealkylation sites (tertiary alicyclic amines) is 1. The molecule has 3 N–H and O–H groups in total. The minimum absolute atomic E-state index is 0. The lowest BCUT2D eigenvalue weighted by atomic mass is 10.1. The molecule has 0 spiro atoms. The summed E-state index contributed by atoms with van der Waals surface area (Å²) in [5, 5.41) is 3.22. The molecule has 2 rings (SSSR count). The van der Waals surface area contributed by atoms with E-state index in [-0.39, 0.29) is 48.6 Å². The van der Waals surface area contributed by atoms with E-state index in [1.807, 2.05) is 18.2 Å². The molecule has 0 aromatic heterocycles. The van der Waals surface area contributed by atoms with Crippen LogP contribution in [-0.2, 0) is 16.1 Å². The minimum atomic E-state index is -0.262. The summed E-state index contributed by atoms with van der Waals surface area (Å²) in [6.07, 6.45) is 1.32. The zero-order valence-corrected chi connectivity index (χ0v) is 20.1. The van der Waals surface area contributed by atoms with Gasteiger partial charge in [-0.3, -0.25) is 4.79 Å². The van der Waals surface area contributed by atoms with Crippen molar-refractivity contribution >= 4 is 41.9 Å². The summed E-state index contributed by atoms with van der Waals surface area (Å²) in [4.78, 5) is 30.9. The first-order valence-corrected chi connectivity index (χ1v) is 9.79. The predicted octanol–water partition coefficient (Wildman–Crippen LogP) is 1.80. The molecule has 1 heterocycles. The molecule has 30 heavy (non-hydrogen) atoms. The second-order valence-electron chi connectivity index (χ2n) is 7.03. The van der Waals surface area contributed by atoms with Crippen LogP contribution in [0, 0.1) is 0 Å². The quantitative estimate of drug-likeness (QED) is 0.315. The maximum absolute atomic E-state index is 11.7. The van der Waals surface area contributed by atoms with Crippen LogP contribution in [0.25, 0.3) is 0 Å². The number of ether oxygens (including phenoxy) is 2. The molecule has 1 aliphatic heterocycles. The maximum Gasteiger partial charge on any atom is 0.409 e. The number of aliphatic imine (C=N–C) groups is 1. The molecule has 1 fully saturated rings. The topological polar surface area (TPSA) is 109 Å². The summed E-state index contributed by atoms with van der Waals surface area (Å²) in [5.74, 6) is 0.885. The Labute approximate surface area is 195 Å². The van der Waals surface area contributed by atoms with Gasteiger partial charge in [0.15, 0.2) is 12.6 Å². The van der Waals surface area contributed by atoms with Gasteiger partial charge in [-0.2, -0.15) is 0 Å². The molecule has 1 saturated heterocycles. The Balaban J connectivity index is 0.00000450. The van der Waals surface area contributed by atoms with Crippen LogP contribution in [0.2, 0.25) is 0 Å². The number of hydrogen-bond acceptors (Lipinski definition) is 5. The Morgan fingerprint density at radius 3 is 2.63 bits per heavy atom. The summed E-state index contributed by atoms with van der Waals surface area (Å²) >= 11 is 0. The van der Waals surface area contributed by atoms with E-state index in [1.54, 1.807) is 32.0 Å². The number of carbonyl (C=O) groups is 2. The molecule has 0 saturated carbocycles. The van der Waals surface area contributed by atoms with Gasteiger partial charge < -0.3 is 30.3 Å². The van der Waals surface area contributed by atoms with Gasteiger partial charge in [-0.15, -0.1) is 24.0 Å². The van der Waals surface area contributed by atoms with Crippen molar-refractivity contribution in [1.29, 1.82) is 0 Å². The second kappa shape index (κ2) is 13.1. The van der Waals surface area contributed by atoms with Gasteiger partial charge in [0.1, 0.15) is 5.75 Å². The Morgan fingerprint density at radius 2 is 2.00 bits per heavy atom. The highest BCUT2D eigenvalue weighted by Crippen LogP contribution is 2.15. The number of guanidine groups is 1. The average molecular weight is 533 g/mol. The van der Waals surface area contributed by atoms with Gasteiger partial charge in [0.2, 0.25) is 0 Å². The van der Waals surface area contributed by atoms with Crippen LogP contribution in [0.4, 0.5) is 4.79 Å². The maximum atomic E-state index is 11.7. The number of nitrogens with one attached hydrogen (secondary N) is 1. The highest BCUT2D eigenvalue weighted by Gasteiger charge is 2.23. The molecule has 0 radical (unpaired) electrons. The Bertz CT molecular complexity index is 721. The number of benzene rings is 1. The molecule has 2 amide bonds. The molecular weight excluding hydrogens is 501 g/mol. The first-order chi connectivity index (χ1) is 13.9. The fourth-order valence-corrected chi connectivity index (χ4v) is 2.86. The van der Waals surface area contributed by atoms with E-state index in [0.717, 1.165) is 18.4 Å². The van der Waals surface area contributed by atoms with Crippen molar-refractivity contribution in [3.8, 4) is 5.75 Å². The van der Waals surface area contributed by atoms with E-state index < -0.39 is 0 Å². The lowest BCUT2D eigenvalue weighted by molar-refractivity contribution is -0.130. The van der Waals surface area contributed by atoms with Gasteiger partial charge in [-0.1, -0.05) is 12.1 Å². The minimum Gasteiger partial charge on any atom is -0.484 e. The van der Waals surface area contributed by atoms with Gasteiger partial charge >= 0.3 is 6.09 Å². The monoisotopic (exact) mass is 533 g/mol. The molecule has 168 valence electrons. The second-order valence-corrected chi connectivity index (χ2v) is 7.03. The number of rotatable bonds is 7. The third-order valence-corrected chi connectivity index (χ3v) is 4.56. The van der Waals surface area contributed by atoms with Gasteiger partial charge in [0, 0.05) is 33.2 Å². The van der Waals surface area contributed by atoms with Crippen LogP contribution >= 0.6 is 24.0 Å². The fourth-order valence-electron chi connectivity index (χ4n) is 2.86. The molecule has 1 aliphatic rings. The summed E-state index contributed by atoms with van der Waals surface area (Å²) in [6, 6.07) is 7.60. The highest BCUT2D eigenvalue weighted by atomic mass is 127. The van der Waals surface area contributed by atoms with Crippen molar-refractivity contribution in [1.82, 2.24) is 15.1 Å². The molecule has 0 atom stereocenters. The molecule has 0 aliphatic carbocycles. The molecule has 0 unspecified atom stereocenters. The number of piperidine rings is 1. The van der Waals surface area contributed by atoms with E-state index in [4.69, 9.17) is 15.2 Å². The summed E-state index contributed by atoms with van der Waals surface area (Å²) < 4.78 is 10.5. The van der Waals surface area contributed by atoms with E-state index >= 15 is 0 Å². The van der Waals surface area contributed by atoms with Gasteiger partial charge in [-0.05, 0) is 37.5 Å². The molecule has 9 nitrogen and oxygen atoms in total. The molecular formula is C20H32IN5O4. The van der Waals surface area contributed by atoms with E-state index in [9.17, 15) is 9.59 Å². The summed E-state index contributed by atoms with van der Waals surface area (Å²) in [7, 11) is 3.38. The first-order valence-electron chi connectivity index (χ1n) is 9.79. The standard InChI is InChI=1S/C20H31N5O4.HI/c1-4-28-20(27)25-10-8-16(9-11-25)23-19(21)22-13-15-6-5-7-17(12-15)29-14-18(26)24(2)3;/h5-7,12,16H,4,8-11,13-14H2,1-3H3,(H3,21,22,23);1H. The van der Waals surface area contributed by atoms with E-state index in [1.165, 1.54) is 4.90 Å². The number of halogens is 1. The zero-order valence-electron chi connectivity index (χ0n) is 17.8. The third kappa shape index (κ3) is 8.64. The fraction of sp³-hybridized carbons (Fsp3) is 0.550. The SMILES string of the molecule is CCOC(=O)N1CCC(NC(N)=NCc2cccc(OCC(=O)N(C)C)c2)CC1.I. The van der Waals surface area contributed by atoms with Crippen molar-refractivity contribution in [2.24, 2.45) is 10.7 Å². The Kier molecular flexibility index (Phi) is 11.3. The van der Waals surface area contributed by atoms with Crippen LogP contribution in [0.15, 0.2) is 29.3 Å². The number of carbonyl (C=O) groups excluding carboxylic acids is 2. The number of hydrogen-bond donors (Lipinski definition) is 2. The van der Waals surface area contributed by atoms with Crippen molar-refractivity contribution < 1.29 is 19.1 Å². The van der Waals surface area contributed by atoms with Crippen LogP contribution in [0.1, 0.15) is 25.3 Å². The molecule has 10 heteroatoms. The van der Waals surface area contributed by atoms with Gasteiger partial charge in [0.25, 0.3) is 5.91 Å². The summed E-state index contributed by atoms with van der Waals surface area (Å²) in [6.45, 7) is 3.85. The normalized spacial score (nSPS) is 14.5. The van der Waals surface area contributed by atoms with Crippen molar-refractivity contribution in [3.63, 3.8) is 0 Å². The number of amides is 2. The number of nitrogens with zero attached hydrogens (tertiary/aromatic N) is 3. The average Bonchev–Trinajstić information content (AvgIpc) is 2.71. The van der Waals surface area contributed by atoms with Crippen LogP contribution < -0.4 is 15.8 Å². The highest BCUT2D eigenvalue weighted by molar-refractivity contribution is 14.0. The van der Waals surface area contributed by atoms with Crippen LogP contribution in [0.5, 0.6) is 5.75 Å². The van der Waals surface area contributed by atoms with Crippen LogP contribution in [0.3, 0.4) is 0 Å². The van der Waals surface area contributed by atoms with Gasteiger partial charge in [-0.25, -0.2) is 9.79 Å². The number of likely N-dealkylation sites (N-methyl/N-ethyl adjacent to an activating group) is 1. The smallest absolute Gasteiger partial charge is 0.409 e. The van der Waals surface area contributed by atoms with E-state index in [2.05, 4.69) is 10.3 Å². The molecule has 1 aromatic rings. The molecule has 0 bridgehead atoms. The zero-order chi connectivity index (χ0) is 21.2. The third-order valence-electron chi connectivity index (χ3n) is 4.56. The predicted molar refractivity (Wildman–Crippen MR) is 126 cm³/mol. The molecule has 1 aromatic carbocycles. The lowest BCUT2D eigenvalue weighted by Crippen LogP contribution is -2.48. The largest absolute Gasteiger partial charge is 0.484 e. The lowest BCUT2D eigenvalue weighted by Gasteiger charge is -2.31. The van der Waals surface area contributed by atoms with Gasteiger partial charge in [0.05, 0.1) is 13.2 Å². The summed E-state index contributed by atoms with van der Waals surface area (Å²) in [5.41, 5.74) is 6.95. The Morgan fingerprint density at radius 1 is 1.30 bits per heavy atom. The number of nitrogens with two attached hydrogens (primary N) is 1. The van der Waals surface area contributed by atoms with Crippen LogP contribution in [-0.4, -0.2) is 74.2 Å². The van der Waals surface area contributed by atoms with Crippen molar-refractivity contribution in [3.05, 3.63) is 29.8 Å². The van der Waals surface area contributed by atoms with Crippen molar-refractivity contribution in [2.75, 3.05) is 40.4 Å². The Hall–Kier alpha value is -2.24.